The Morgan fingerprint density at radius 2 is 1.96 bits per heavy atom. The van der Waals surface area contributed by atoms with Crippen LogP contribution in [0.1, 0.15) is 6.42 Å². The standard InChI is InChI=1S/C19H21ClN4O/c20-16-3-5-17-15(14-16)2-4-18(22-17)19-21-6-9-24(19)8-1-7-23-10-12-25-13-11-23/h2-6,9,14H,1,7-8,10-13H2. The van der Waals surface area contributed by atoms with Gasteiger partial charge in [0.05, 0.1) is 18.7 Å². The predicted molar refractivity (Wildman–Crippen MR) is 99.9 cm³/mol. The summed E-state index contributed by atoms with van der Waals surface area (Å²) in [4.78, 5) is 11.7. The molecule has 1 aliphatic rings. The summed E-state index contributed by atoms with van der Waals surface area (Å²) in [5, 5.41) is 1.77. The van der Waals surface area contributed by atoms with Crippen LogP contribution < -0.4 is 0 Å². The second-order valence-corrected chi connectivity index (χ2v) is 6.72. The zero-order chi connectivity index (χ0) is 17.1. The Kier molecular flexibility index (Phi) is 4.97. The van der Waals surface area contributed by atoms with Crippen LogP contribution in [0.4, 0.5) is 0 Å². The van der Waals surface area contributed by atoms with Gasteiger partial charge in [0, 0.05) is 49.0 Å². The van der Waals surface area contributed by atoms with Crippen LogP contribution in [0.3, 0.4) is 0 Å². The number of benzene rings is 1. The number of imidazole rings is 1. The molecule has 130 valence electrons. The molecule has 1 fully saturated rings. The van der Waals surface area contributed by atoms with Gasteiger partial charge in [-0.1, -0.05) is 17.7 Å². The van der Waals surface area contributed by atoms with Crippen LogP contribution in [0.15, 0.2) is 42.7 Å². The molecule has 0 amide bonds. The van der Waals surface area contributed by atoms with Crippen LogP contribution in [-0.4, -0.2) is 52.3 Å². The molecule has 25 heavy (non-hydrogen) atoms. The summed E-state index contributed by atoms with van der Waals surface area (Å²) in [7, 11) is 0. The lowest BCUT2D eigenvalue weighted by Gasteiger charge is -2.26. The highest BCUT2D eigenvalue weighted by Gasteiger charge is 2.11. The summed E-state index contributed by atoms with van der Waals surface area (Å²) in [6.45, 7) is 5.79. The van der Waals surface area contributed by atoms with Crippen LogP contribution in [-0.2, 0) is 11.3 Å². The van der Waals surface area contributed by atoms with E-state index in [-0.39, 0.29) is 0 Å². The van der Waals surface area contributed by atoms with E-state index in [1.165, 1.54) is 0 Å². The van der Waals surface area contributed by atoms with Crippen molar-refractivity contribution in [3.63, 3.8) is 0 Å². The first-order valence-corrected chi connectivity index (χ1v) is 9.05. The highest BCUT2D eigenvalue weighted by atomic mass is 35.5. The van der Waals surface area contributed by atoms with Crippen molar-refractivity contribution in [2.45, 2.75) is 13.0 Å². The topological polar surface area (TPSA) is 43.2 Å². The summed E-state index contributed by atoms with van der Waals surface area (Å²) in [5.74, 6) is 0.916. The molecule has 0 saturated carbocycles. The number of hydrogen-bond donors (Lipinski definition) is 0. The number of fused-ring (bicyclic) bond motifs is 1. The van der Waals surface area contributed by atoms with Crippen LogP contribution in [0.5, 0.6) is 0 Å². The third kappa shape index (κ3) is 3.84. The first-order valence-electron chi connectivity index (χ1n) is 8.67. The lowest BCUT2D eigenvalue weighted by Crippen LogP contribution is -2.37. The van der Waals surface area contributed by atoms with Crippen molar-refractivity contribution < 1.29 is 4.74 Å². The van der Waals surface area contributed by atoms with E-state index >= 15 is 0 Å². The molecule has 1 saturated heterocycles. The van der Waals surface area contributed by atoms with Crippen molar-refractivity contribution in [1.82, 2.24) is 19.4 Å². The molecule has 3 aromatic rings. The lowest BCUT2D eigenvalue weighted by molar-refractivity contribution is 0.0369. The van der Waals surface area contributed by atoms with Gasteiger partial charge in [0.2, 0.25) is 0 Å². The first kappa shape index (κ1) is 16.5. The molecule has 4 rings (SSSR count). The van der Waals surface area contributed by atoms with Crippen LogP contribution in [0.25, 0.3) is 22.4 Å². The van der Waals surface area contributed by atoms with Crippen LogP contribution in [0.2, 0.25) is 5.02 Å². The smallest absolute Gasteiger partial charge is 0.158 e. The normalized spacial score (nSPS) is 15.7. The van der Waals surface area contributed by atoms with Gasteiger partial charge in [0.15, 0.2) is 5.82 Å². The van der Waals surface area contributed by atoms with Gasteiger partial charge in [0.25, 0.3) is 0 Å². The number of rotatable bonds is 5. The van der Waals surface area contributed by atoms with E-state index in [1.54, 1.807) is 0 Å². The van der Waals surface area contributed by atoms with Crippen molar-refractivity contribution in [2.24, 2.45) is 0 Å². The number of pyridine rings is 1. The third-order valence-electron chi connectivity index (χ3n) is 4.57. The second-order valence-electron chi connectivity index (χ2n) is 6.29. The molecular formula is C19H21ClN4O. The Hall–Kier alpha value is -1.95. The minimum Gasteiger partial charge on any atom is -0.379 e. The molecule has 1 aromatic carbocycles. The number of nitrogens with zero attached hydrogens (tertiary/aromatic N) is 4. The molecule has 1 aliphatic heterocycles. The Morgan fingerprint density at radius 3 is 2.84 bits per heavy atom. The summed E-state index contributed by atoms with van der Waals surface area (Å²) >= 11 is 6.05. The monoisotopic (exact) mass is 356 g/mol. The molecular weight excluding hydrogens is 336 g/mol. The first-order chi connectivity index (χ1) is 12.3. The number of halogens is 1. The molecule has 0 aliphatic carbocycles. The molecule has 2 aromatic heterocycles. The summed E-state index contributed by atoms with van der Waals surface area (Å²) in [5.41, 5.74) is 1.83. The molecule has 6 heteroatoms. The van der Waals surface area contributed by atoms with Gasteiger partial charge in [-0.2, -0.15) is 0 Å². The van der Waals surface area contributed by atoms with Gasteiger partial charge in [0.1, 0.15) is 5.69 Å². The maximum Gasteiger partial charge on any atom is 0.158 e. The van der Waals surface area contributed by atoms with Crippen LogP contribution >= 0.6 is 11.6 Å². The van der Waals surface area contributed by atoms with E-state index in [9.17, 15) is 0 Å². The number of morpholine rings is 1. The van der Waals surface area contributed by atoms with E-state index in [4.69, 9.17) is 21.3 Å². The Labute approximate surface area is 152 Å². The van der Waals surface area contributed by atoms with Gasteiger partial charge in [-0.3, -0.25) is 4.90 Å². The number of aromatic nitrogens is 3. The maximum atomic E-state index is 6.05. The fraction of sp³-hybridized carbons (Fsp3) is 0.368. The fourth-order valence-corrected chi connectivity index (χ4v) is 3.41. The van der Waals surface area contributed by atoms with Crippen molar-refractivity contribution >= 4 is 22.5 Å². The van der Waals surface area contributed by atoms with Crippen molar-refractivity contribution in [3.8, 4) is 11.5 Å². The van der Waals surface area contributed by atoms with Gasteiger partial charge in [-0.25, -0.2) is 9.97 Å². The van der Waals surface area contributed by atoms with E-state index in [0.717, 1.165) is 73.3 Å². The van der Waals surface area contributed by atoms with Gasteiger partial charge in [-0.05, 0) is 30.7 Å². The summed E-state index contributed by atoms with van der Waals surface area (Å²) < 4.78 is 7.58. The SMILES string of the molecule is Clc1ccc2nc(-c3nccn3CCCN3CCOCC3)ccc2c1. The van der Waals surface area contributed by atoms with Crippen LogP contribution in [0, 0.1) is 0 Å². The molecule has 5 nitrogen and oxygen atoms in total. The Morgan fingerprint density at radius 1 is 1.08 bits per heavy atom. The van der Waals surface area contributed by atoms with E-state index in [1.807, 2.05) is 36.7 Å². The molecule has 0 N–H and O–H groups in total. The minimum absolute atomic E-state index is 0.728. The fourth-order valence-electron chi connectivity index (χ4n) is 3.23. The second kappa shape index (κ2) is 7.52. The number of aryl methyl sites for hydroxylation is 1. The summed E-state index contributed by atoms with van der Waals surface area (Å²) in [6, 6.07) is 9.82. The molecule has 0 spiro atoms. The molecule has 0 bridgehead atoms. The van der Waals surface area contributed by atoms with Gasteiger partial charge >= 0.3 is 0 Å². The quantitative estimate of drug-likeness (QED) is 0.702. The zero-order valence-electron chi connectivity index (χ0n) is 14.1. The number of hydrogen-bond acceptors (Lipinski definition) is 4. The van der Waals surface area contributed by atoms with Gasteiger partial charge < -0.3 is 9.30 Å². The molecule has 0 unspecified atom stereocenters. The van der Waals surface area contributed by atoms with Crippen molar-refractivity contribution in [1.29, 1.82) is 0 Å². The predicted octanol–water partition coefficient (Wildman–Crippen LogP) is 3.47. The summed E-state index contributed by atoms with van der Waals surface area (Å²) in [6.07, 6.45) is 4.97. The van der Waals surface area contributed by atoms with E-state index in [2.05, 4.69) is 20.5 Å². The van der Waals surface area contributed by atoms with Gasteiger partial charge in [-0.15, -0.1) is 0 Å². The van der Waals surface area contributed by atoms with Crippen molar-refractivity contribution in [2.75, 3.05) is 32.8 Å². The van der Waals surface area contributed by atoms with E-state index in [0.29, 0.717) is 0 Å². The molecule has 0 atom stereocenters. The Bertz CT molecular complexity index is 858. The zero-order valence-corrected chi connectivity index (χ0v) is 14.8. The lowest BCUT2D eigenvalue weighted by atomic mass is 10.2. The highest BCUT2D eigenvalue weighted by Crippen LogP contribution is 2.22. The maximum absolute atomic E-state index is 6.05. The van der Waals surface area contributed by atoms with E-state index < -0.39 is 0 Å². The average Bonchev–Trinajstić information content (AvgIpc) is 3.11. The Balaban J connectivity index is 1.48. The largest absolute Gasteiger partial charge is 0.379 e. The number of ether oxygens (including phenoxy) is 1. The van der Waals surface area contributed by atoms with Crippen molar-refractivity contribution in [3.05, 3.63) is 47.7 Å². The molecule has 3 heterocycles. The third-order valence-corrected chi connectivity index (χ3v) is 4.81. The molecule has 0 radical (unpaired) electrons. The highest BCUT2D eigenvalue weighted by molar-refractivity contribution is 6.31. The average molecular weight is 357 g/mol. The minimum atomic E-state index is 0.728.